The molecule has 0 bridgehead atoms. The quantitative estimate of drug-likeness (QED) is 0.659. The molecular formula is C11H15NO5. The second-order valence-corrected chi connectivity index (χ2v) is 3.70. The number of carbonyl (C=O) groups excluding carboxylic acids is 1. The lowest BCUT2D eigenvalue weighted by Crippen LogP contribution is -2.47. The Kier molecular flexibility index (Phi) is 4.71. The average Bonchev–Trinajstić information content (AvgIpc) is 2.74. The molecule has 0 saturated heterocycles. The van der Waals surface area contributed by atoms with Crippen LogP contribution in [0.15, 0.2) is 22.8 Å². The van der Waals surface area contributed by atoms with Gasteiger partial charge in [0.2, 0.25) is 5.91 Å². The van der Waals surface area contributed by atoms with Gasteiger partial charge in [0.15, 0.2) is 6.04 Å². The summed E-state index contributed by atoms with van der Waals surface area (Å²) in [5, 5.41) is 20.2. The molecule has 0 aliphatic heterocycles. The van der Waals surface area contributed by atoms with Gasteiger partial charge in [-0.1, -0.05) is 0 Å². The average molecular weight is 241 g/mol. The molecule has 0 unspecified atom stereocenters. The lowest BCUT2D eigenvalue weighted by molar-refractivity contribution is -0.144. The number of furan rings is 1. The van der Waals surface area contributed by atoms with Gasteiger partial charge in [-0.15, -0.1) is 0 Å². The molecule has 1 aromatic rings. The summed E-state index contributed by atoms with van der Waals surface area (Å²) in [6.07, 6.45) is 0.873. The van der Waals surface area contributed by atoms with Crippen molar-refractivity contribution in [3.8, 4) is 0 Å². The van der Waals surface area contributed by atoms with E-state index in [4.69, 9.17) is 14.6 Å². The maximum absolute atomic E-state index is 11.4. The monoisotopic (exact) mass is 241 g/mol. The maximum Gasteiger partial charge on any atom is 0.328 e. The summed E-state index contributed by atoms with van der Waals surface area (Å²) >= 11 is 0. The molecule has 1 aromatic heterocycles. The van der Waals surface area contributed by atoms with E-state index in [0.717, 1.165) is 0 Å². The molecule has 0 aromatic carbocycles. The molecule has 0 spiro atoms. The standard InChI is InChI=1S/C11H15NO5/c1-7(13)10(11(15)16)12-9(14)5-4-8-3-2-6-17-8/h2-3,6-7,10,13H,4-5H2,1H3,(H,12,14)(H,15,16)/t7-,10+/m1/s1. The summed E-state index contributed by atoms with van der Waals surface area (Å²) in [5.74, 6) is -1.04. The van der Waals surface area contributed by atoms with Gasteiger partial charge in [0.05, 0.1) is 12.4 Å². The van der Waals surface area contributed by atoms with Crippen molar-refractivity contribution in [3.05, 3.63) is 24.2 Å². The number of aryl methyl sites for hydroxylation is 1. The molecule has 1 amide bonds. The number of aliphatic hydroxyl groups excluding tert-OH is 1. The Morgan fingerprint density at radius 2 is 2.24 bits per heavy atom. The number of nitrogens with one attached hydrogen (secondary N) is 1. The fourth-order valence-electron chi connectivity index (χ4n) is 1.33. The van der Waals surface area contributed by atoms with E-state index in [1.54, 1.807) is 12.1 Å². The highest BCUT2D eigenvalue weighted by molar-refractivity contribution is 5.83. The molecule has 0 aliphatic carbocycles. The van der Waals surface area contributed by atoms with Crippen LogP contribution in [-0.4, -0.2) is 34.2 Å². The van der Waals surface area contributed by atoms with Crippen molar-refractivity contribution in [2.45, 2.75) is 31.9 Å². The molecule has 2 atom stereocenters. The zero-order chi connectivity index (χ0) is 12.8. The smallest absolute Gasteiger partial charge is 0.328 e. The van der Waals surface area contributed by atoms with E-state index in [-0.39, 0.29) is 6.42 Å². The Bertz CT molecular complexity index is 371. The topological polar surface area (TPSA) is 99.8 Å². The first kappa shape index (κ1) is 13.2. The molecule has 17 heavy (non-hydrogen) atoms. The third-order valence-electron chi connectivity index (χ3n) is 2.24. The van der Waals surface area contributed by atoms with Gasteiger partial charge in [-0.2, -0.15) is 0 Å². The third-order valence-corrected chi connectivity index (χ3v) is 2.24. The number of aliphatic carboxylic acids is 1. The molecule has 1 rings (SSSR count). The van der Waals surface area contributed by atoms with Crippen LogP contribution in [0.25, 0.3) is 0 Å². The van der Waals surface area contributed by atoms with Crippen LogP contribution in [0.5, 0.6) is 0 Å². The van der Waals surface area contributed by atoms with Crippen LogP contribution < -0.4 is 5.32 Å². The van der Waals surface area contributed by atoms with Gasteiger partial charge in [0, 0.05) is 12.8 Å². The minimum atomic E-state index is -1.28. The minimum absolute atomic E-state index is 0.115. The number of rotatable bonds is 6. The predicted molar refractivity (Wildman–Crippen MR) is 58.3 cm³/mol. The molecule has 0 saturated carbocycles. The maximum atomic E-state index is 11.4. The van der Waals surface area contributed by atoms with Crippen molar-refractivity contribution in [1.29, 1.82) is 0 Å². The predicted octanol–water partition coefficient (Wildman–Crippen LogP) is 0.162. The Morgan fingerprint density at radius 1 is 1.53 bits per heavy atom. The van der Waals surface area contributed by atoms with Crippen LogP contribution in [0, 0.1) is 0 Å². The first-order valence-corrected chi connectivity index (χ1v) is 5.23. The SMILES string of the molecule is C[C@@H](O)[C@H](NC(=O)CCc1ccco1)C(=O)O. The van der Waals surface area contributed by atoms with Crippen LogP contribution in [0.4, 0.5) is 0 Å². The van der Waals surface area contributed by atoms with Crippen molar-refractivity contribution in [2.24, 2.45) is 0 Å². The lowest BCUT2D eigenvalue weighted by atomic mass is 10.1. The summed E-state index contributed by atoms with van der Waals surface area (Å²) in [4.78, 5) is 22.1. The number of amides is 1. The van der Waals surface area contributed by atoms with Gasteiger partial charge in [-0.05, 0) is 19.1 Å². The summed E-state index contributed by atoms with van der Waals surface area (Å²) in [5.41, 5.74) is 0. The Morgan fingerprint density at radius 3 is 2.71 bits per heavy atom. The number of hydrogen-bond donors (Lipinski definition) is 3. The van der Waals surface area contributed by atoms with Crippen LogP contribution in [0.1, 0.15) is 19.1 Å². The van der Waals surface area contributed by atoms with Gasteiger partial charge in [0.1, 0.15) is 5.76 Å². The van der Waals surface area contributed by atoms with Crippen LogP contribution in [0.2, 0.25) is 0 Å². The first-order valence-electron chi connectivity index (χ1n) is 5.23. The van der Waals surface area contributed by atoms with Crippen molar-refractivity contribution in [1.82, 2.24) is 5.32 Å². The highest BCUT2D eigenvalue weighted by Crippen LogP contribution is 2.04. The summed E-state index contributed by atoms with van der Waals surface area (Å²) in [6.45, 7) is 1.31. The van der Waals surface area contributed by atoms with Gasteiger partial charge in [-0.25, -0.2) is 4.79 Å². The molecule has 94 valence electrons. The van der Waals surface area contributed by atoms with E-state index in [0.29, 0.717) is 12.2 Å². The fourth-order valence-corrected chi connectivity index (χ4v) is 1.33. The van der Waals surface area contributed by atoms with Crippen molar-refractivity contribution in [2.75, 3.05) is 0 Å². The van der Waals surface area contributed by atoms with Crippen molar-refractivity contribution >= 4 is 11.9 Å². The van der Waals surface area contributed by atoms with E-state index >= 15 is 0 Å². The first-order chi connectivity index (χ1) is 8.00. The van der Waals surface area contributed by atoms with Gasteiger partial charge < -0.3 is 19.9 Å². The molecule has 3 N–H and O–H groups in total. The largest absolute Gasteiger partial charge is 0.480 e. The molecule has 0 aliphatic rings. The van der Waals surface area contributed by atoms with Gasteiger partial charge >= 0.3 is 5.97 Å². The zero-order valence-corrected chi connectivity index (χ0v) is 9.42. The lowest BCUT2D eigenvalue weighted by Gasteiger charge is -2.16. The van der Waals surface area contributed by atoms with E-state index in [2.05, 4.69) is 5.32 Å². The van der Waals surface area contributed by atoms with Gasteiger partial charge in [-0.3, -0.25) is 4.79 Å². The van der Waals surface area contributed by atoms with E-state index in [1.807, 2.05) is 0 Å². The van der Waals surface area contributed by atoms with E-state index < -0.39 is 24.0 Å². The molecule has 1 heterocycles. The minimum Gasteiger partial charge on any atom is -0.480 e. The van der Waals surface area contributed by atoms with E-state index in [9.17, 15) is 9.59 Å². The van der Waals surface area contributed by atoms with Crippen LogP contribution in [0.3, 0.4) is 0 Å². The van der Waals surface area contributed by atoms with Gasteiger partial charge in [0.25, 0.3) is 0 Å². The van der Waals surface area contributed by atoms with Crippen LogP contribution >= 0.6 is 0 Å². The molecule has 6 heteroatoms. The summed E-state index contributed by atoms with van der Waals surface area (Å²) < 4.78 is 5.04. The van der Waals surface area contributed by atoms with Crippen molar-refractivity contribution < 1.29 is 24.2 Å². The molecule has 6 nitrogen and oxygen atoms in total. The zero-order valence-electron chi connectivity index (χ0n) is 9.42. The fraction of sp³-hybridized carbons (Fsp3) is 0.455. The number of aliphatic hydroxyl groups is 1. The molecular weight excluding hydrogens is 226 g/mol. The number of carbonyl (C=O) groups is 2. The van der Waals surface area contributed by atoms with Crippen molar-refractivity contribution in [3.63, 3.8) is 0 Å². The number of carboxylic acids is 1. The van der Waals surface area contributed by atoms with Crippen LogP contribution in [-0.2, 0) is 16.0 Å². The second kappa shape index (κ2) is 6.05. The Hall–Kier alpha value is -1.82. The molecule has 0 fully saturated rings. The highest BCUT2D eigenvalue weighted by Gasteiger charge is 2.24. The highest BCUT2D eigenvalue weighted by atomic mass is 16.4. The Labute approximate surface area is 98.2 Å². The number of hydrogen-bond acceptors (Lipinski definition) is 4. The van der Waals surface area contributed by atoms with E-state index in [1.165, 1.54) is 13.2 Å². The summed E-state index contributed by atoms with van der Waals surface area (Å²) in [6, 6.07) is 2.17. The Balaban J connectivity index is 2.40. The summed E-state index contributed by atoms with van der Waals surface area (Å²) in [7, 11) is 0. The third kappa shape index (κ3) is 4.28. The normalized spacial score (nSPS) is 14.0. The molecule has 0 radical (unpaired) electrons. The number of carboxylic acid groups (broad SMARTS) is 1. The second-order valence-electron chi connectivity index (χ2n) is 3.70.